The van der Waals surface area contributed by atoms with Gasteiger partial charge in [0.2, 0.25) is 0 Å². The predicted octanol–water partition coefficient (Wildman–Crippen LogP) is 5.41. The van der Waals surface area contributed by atoms with Gasteiger partial charge in [-0.3, -0.25) is 9.59 Å². The minimum absolute atomic E-state index is 0.0475. The summed E-state index contributed by atoms with van der Waals surface area (Å²) in [4.78, 5) is 30.1. The van der Waals surface area contributed by atoms with Crippen LogP contribution in [0.4, 0.5) is 0 Å². The Morgan fingerprint density at radius 3 is 2.49 bits per heavy atom. The van der Waals surface area contributed by atoms with E-state index in [9.17, 15) is 9.59 Å². The molecule has 174 valence electrons. The number of nitrogens with zero attached hydrogens (tertiary/aromatic N) is 3. The average molecular weight is 485 g/mol. The molecule has 0 saturated heterocycles. The van der Waals surface area contributed by atoms with E-state index in [0.29, 0.717) is 16.5 Å². The van der Waals surface area contributed by atoms with Crippen LogP contribution >= 0.6 is 11.6 Å². The highest BCUT2D eigenvalue weighted by Gasteiger charge is 2.20. The van der Waals surface area contributed by atoms with Crippen LogP contribution in [0.2, 0.25) is 5.02 Å². The number of amides is 1. The molecule has 35 heavy (non-hydrogen) atoms. The molecule has 0 spiro atoms. The molecule has 0 saturated carbocycles. The van der Waals surface area contributed by atoms with E-state index in [-0.39, 0.29) is 12.1 Å². The van der Waals surface area contributed by atoms with Gasteiger partial charge in [0, 0.05) is 35.9 Å². The van der Waals surface area contributed by atoms with Gasteiger partial charge in [0.1, 0.15) is 11.3 Å². The first-order chi connectivity index (χ1) is 17.0. The van der Waals surface area contributed by atoms with Crippen molar-refractivity contribution in [2.75, 3.05) is 7.05 Å². The first-order valence-corrected chi connectivity index (χ1v) is 11.3. The van der Waals surface area contributed by atoms with Gasteiger partial charge in [-0.15, -0.1) is 0 Å². The lowest BCUT2D eigenvalue weighted by Crippen LogP contribution is -2.31. The molecule has 0 bridgehead atoms. The number of carbonyl (C=O) groups excluding carboxylic acids is 1. The van der Waals surface area contributed by atoms with Gasteiger partial charge >= 0.3 is 0 Å². The second-order valence-corrected chi connectivity index (χ2v) is 8.48. The quantitative estimate of drug-likeness (QED) is 0.349. The average Bonchev–Trinajstić information content (AvgIpc) is 3.55. The van der Waals surface area contributed by atoms with E-state index in [4.69, 9.17) is 21.1 Å². The Hall–Kier alpha value is -4.36. The third-order valence-electron chi connectivity index (χ3n) is 5.61. The smallest absolute Gasteiger partial charge is 0.261 e. The maximum atomic E-state index is 13.2. The van der Waals surface area contributed by atoms with Crippen LogP contribution in [0.25, 0.3) is 28.4 Å². The summed E-state index contributed by atoms with van der Waals surface area (Å²) in [5.74, 6) is 0.127. The molecule has 1 amide bonds. The van der Waals surface area contributed by atoms with Crippen LogP contribution in [0.5, 0.6) is 0 Å². The van der Waals surface area contributed by atoms with Gasteiger partial charge in [-0.25, -0.2) is 4.68 Å². The van der Waals surface area contributed by atoms with Crippen LogP contribution < -0.4 is 5.56 Å². The van der Waals surface area contributed by atoms with Crippen LogP contribution in [-0.2, 0) is 6.54 Å². The number of furan rings is 1. The molecule has 1 N–H and O–H groups in total. The Kier molecular flexibility index (Phi) is 6.08. The number of aromatic nitrogens is 3. The lowest BCUT2D eigenvalue weighted by molar-refractivity contribution is 0.0783. The zero-order chi connectivity index (χ0) is 24.4. The Balaban J connectivity index is 1.46. The van der Waals surface area contributed by atoms with E-state index in [1.807, 2.05) is 48.7 Å². The molecule has 2 aromatic carbocycles. The summed E-state index contributed by atoms with van der Waals surface area (Å²) in [5, 5.41) is 5.41. The van der Waals surface area contributed by atoms with Gasteiger partial charge in [0.15, 0.2) is 0 Å². The molecule has 0 unspecified atom stereocenters. The molecule has 3 heterocycles. The molecule has 0 fully saturated rings. The van der Waals surface area contributed by atoms with Crippen LogP contribution in [0.3, 0.4) is 0 Å². The van der Waals surface area contributed by atoms with Crippen molar-refractivity contribution in [3.63, 3.8) is 0 Å². The summed E-state index contributed by atoms with van der Waals surface area (Å²) in [7, 11) is 1.66. The maximum Gasteiger partial charge on any atom is 0.261 e. The number of nitrogens with one attached hydrogen (secondary N) is 1. The van der Waals surface area contributed by atoms with Crippen LogP contribution in [0, 0.1) is 0 Å². The summed E-state index contributed by atoms with van der Waals surface area (Å²) in [5.41, 5.74) is 3.41. The highest BCUT2D eigenvalue weighted by Crippen LogP contribution is 2.26. The molecule has 7 nitrogen and oxygen atoms in total. The fourth-order valence-corrected chi connectivity index (χ4v) is 3.97. The molecule has 0 aliphatic carbocycles. The van der Waals surface area contributed by atoms with E-state index in [0.717, 1.165) is 22.5 Å². The van der Waals surface area contributed by atoms with Gasteiger partial charge in [-0.2, -0.15) is 5.10 Å². The van der Waals surface area contributed by atoms with Crippen molar-refractivity contribution in [1.29, 1.82) is 0 Å². The maximum absolute atomic E-state index is 13.2. The summed E-state index contributed by atoms with van der Waals surface area (Å²) < 4.78 is 7.10. The van der Waals surface area contributed by atoms with Gasteiger partial charge in [-0.05, 0) is 48.5 Å². The number of halogens is 1. The van der Waals surface area contributed by atoms with E-state index < -0.39 is 11.5 Å². The summed E-state index contributed by atoms with van der Waals surface area (Å²) in [6.07, 6.45) is 3.42. The fraction of sp³-hybridized carbons (Fsp3) is 0.0741. The van der Waals surface area contributed by atoms with E-state index in [2.05, 4.69) is 4.98 Å². The number of pyridine rings is 1. The van der Waals surface area contributed by atoms with Gasteiger partial charge in [0.25, 0.3) is 11.5 Å². The number of benzene rings is 2. The summed E-state index contributed by atoms with van der Waals surface area (Å²) in [6, 6.07) is 23.8. The van der Waals surface area contributed by atoms with Crippen molar-refractivity contribution in [3.05, 3.63) is 118 Å². The topological polar surface area (TPSA) is 84.1 Å². The molecule has 5 aromatic rings. The van der Waals surface area contributed by atoms with E-state index >= 15 is 0 Å². The van der Waals surface area contributed by atoms with Crippen molar-refractivity contribution in [3.8, 4) is 28.4 Å². The van der Waals surface area contributed by atoms with E-state index in [1.54, 1.807) is 42.1 Å². The lowest BCUT2D eigenvalue weighted by Gasteiger charge is -2.17. The number of carbonyl (C=O) groups is 1. The number of rotatable bonds is 6. The molecule has 0 atom stereocenters. The first kappa shape index (κ1) is 22.4. The minimum Gasteiger partial charge on any atom is -0.463 e. The lowest BCUT2D eigenvalue weighted by atomic mass is 10.1. The Morgan fingerprint density at radius 1 is 1.03 bits per heavy atom. The second kappa shape index (κ2) is 9.48. The highest BCUT2D eigenvalue weighted by atomic mass is 35.5. The molecule has 0 aliphatic heterocycles. The molecule has 8 heteroatoms. The Labute approximate surface area is 206 Å². The molecule has 5 rings (SSSR count). The van der Waals surface area contributed by atoms with Crippen molar-refractivity contribution < 1.29 is 9.21 Å². The van der Waals surface area contributed by atoms with Crippen molar-refractivity contribution >= 4 is 17.5 Å². The van der Waals surface area contributed by atoms with E-state index in [1.165, 1.54) is 17.2 Å². The van der Waals surface area contributed by atoms with Crippen LogP contribution in [-0.4, -0.2) is 32.6 Å². The van der Waals surface area contributed by atoms with Gasteiger partial charge in [-0.1, -0.05) is 41.9 Å². The normalized spacial score (nSPS) is 10.9. The molecular weight excluding hydrogens is 464 g/mol. The standard InChI is InChI=1S/C27H21ClN4O3/c1-31(27(34)22-13-14-23(29-26(22)33)24-8-5-15-35-24)16-19-17-32(21-6-3-2-4-7-21)30-25(19)18-9-11-20(28)12-10-18/h2-15,17H,16H2,1H3,(H,29,33). The monoisotopic (exact) mass is 484 g/mol. The third kappa shape index (κ3) is 4.67. The molecule has 0 aliphatic rings. The van der Waals surface area contributed by atoms with Crippen molar-refractivity contribution in [2.24, 2.45) is 0 Å². The first-order valence-electron chi connectivity index (χ1n) is 10.9. The zero-order valence-electron chi connectivity index (χ0n) is 18.8. The molecular formula is C27H21ClN4O3. The number of hydrogen-bond acceptors (Lipinski definition) is 4. The SMILES string of the molecule is CN(Cc1cn(-c2ccccc2)nc1-c1ccc(Cl)cc1)C(=O)c1ccc(-c2ccco2)[nH]c1=O. The highest BCUT2D eigenvalue weighted by molar-refractivity contribution is 6.30. The van der Waals surface area contributed by atoms with Crippen molar-refractivity contribution in [2.45, 2.75) is 6.54 Å². The fourth-order valence-electron chi connectivity index (χ4n) is 3.84. The van der Waals surface area contributed by atoms with Gasteiger partial charge < -0.3 is 14.3 Å². The second-order valence-electron chi connectivity index (χ2n) is 8.04. The van der Waals surface area contributed by atoms with Crippen LogP contribution in [0.1, 0.15) is 15.9 Å². The largest absolute Gasteiger partial charge is 0.463 e. The van der Waals surface area contributed by atoms with Gasteiger partial charge in [0.05, 0.1) is 23.3 Å². The number of H-pyrrole nitrogens is 1. The Bertz CT molecular complexity index is 1520. The number of aromatic amines is 1. The molecule has 0 radical (unpaired) electrons. The number of hydrogen-bond donors (Lipinski definition) is 1. The van der Waals surface area contributed by atoms with Crippen LogP contribution in [0.15, 0.2) is 101 Å². The third-order valence-corrected chi connectivity index (χ3v) is 5.86. The molecule has 3 aromatic heterocycles. The minimum atomic E-state index is -0.478. The Morgan fingerprint density at radius 2 is 1.80 bits per heavy atom. The zero-order valence-corrected chi connectivity index (χ0v) is 19.6. The number of para-hydroxylation sites is 1. The van der Waals surface area contributed by atoms with Crippen molar-refractivity contribution in [1.82, 2.24) is 19.7 Å². The summed E-state index contributed by atoms with van der Waals surface area (Å²) >= 11 is 6.08. The summed E-state index contributed by atoms with van der Waals surface area (Å²) in [6.45, 7) is 0.253. The predicted molar refractivity (Wildman–Crippen MR) is 135 cm³/mol.